The van der Waals surface area contributed by atoms with E-state index in [-0.39, 0.29) is 10.8 Å². The van der Waals surface area contributed by atoms with Crippen molar-refractivity contribution >= 4 is 27.4 Å². The van der Waals surface area contributed by atoms with Crippen LogP contribution in [0.25, 0.3) is 0 Å². The number of carbonyl (C=O) groups excluding carboxylic acids is 1. The van der Waals surface area contributed by atoms with Gasteiger partial charge in [0.2, 0.25) is 10.0 Å². The van der Waals surface area contributed by atoms with E-state index in [1.54, 1.807) is 48.4 Å². The summed E-state index contributed by atoms with van der Waals surface area (Å²) < 4.78 is 27.6. The highest BCUT2D eigenvalue weighted by Gasteiger charge is 2.27. The van der Waals surface area contributed by atoms with E-state index in [0.29, 0.717) is 35.7 Å². The van der Waals surface area contributed by atoms with Crippen molar-refractivity contribution in [2.24, 2.45) is 0 Å². The van der Waals surface area contributed by atoms with E-state index in [4.69, 9.17) is 0 Å². The number of rotatable bonds is 5. The number of piperidine rings is 1. The number of pyridine rings is 1. The minimum absolute atomic E-state index is 0.242. The minimum atomic E-state index is -3.58. The third kappa shape index (κ3) is 4.18. The zero-order valence-corrected chi connectivity index (χ0v) is 17.3. The molecule has 2 heterocycles. The van der Waals surface area contributed by atoms with E-state index in [2.05, 4.69) is 10.3 Å². The maximum Gasteiger partial charge on any atom is 0.259 e. The van der Waals surface area contributed by atoms with E-state index in [1.807, 2.05) is 14.1 Å². The molecule has 28 heavy (non-hydrogen) atoms. The number of hydrogen-bond acceptors (Lipinski definition) is 5. The first kappa shape index (κ1) is 20.3. The third-order valence-electron chi connectivity index (χ3n) is 4.83. The zero-order valence-electron chi connectivity index (χ0n) is 16.5. The Kier molecular flexibility index (Phi) is 6.00. The number of sulfonamides is 1. The number of nitrogens with one attached hydrogen (secondary N) is 1. The van der Waals surface area contributed by atoms with Gasteiger partial charge in [0.05, 0.1) is 10.5 Å². The van der Waals surface area contributed by atoms with Crippen molar-refractivity contribution in [2.75, 3.05) is 37.4 Å². The summed E-state index contributed by atoms with van der Waals surface area (Å²) in [6.07, 6.45) is 4.44. The molecule has 7 nitrogen and oxygen atoms in total. The lowest BCUT2D eigenvalue weighted by atomic mass is 10.2. The average molecular weight is 403 g/mol. The number of hydrogen-bond donors (Lipinski definition) is 1. The van der Waals surface area contributed by atoms with Crippen molar-refractivity contribution in [1.29, 1.82) is 0 Å². The highest BCUT2D eigenvalue weighted by molar-refractivity contribution is 7.89. The van der Waals surface area contributed by atoms with Gasteiger partial charge in [-0.25, -0.2) is 13.4 Å². The largest absolute Gasteiger partial charge is 0.362 e. The number of amides is 1. The van der Waals surface area contributed by atoms with Crippen LogP contribution in [0.2, 0.25) is 0 Å². The quantitative estimate of drug-likeness (QED) is 0.832. The first-order chi connectivity index (χ1) is 13.3. The molecule has 8 heteroatoms. The highest BCUT2D eigenvalue weighted by Crippen LogP contribution is 2.26. The number of benzene rings is 1. The maximum atomic E-state index is 13.1. The van der Waals surface area contributed by atoms with Crippen LogP contribution < -0.4 is 10.2 Å². The van der Waals surface area contributed by atoms with Crippen molar-refractivity contribution in [3.05, 3.63) is 47.7 Å². The molecule has 2 aromatic rings. The Labute approximate surface area is 166 Å². The van der Waals surface area contributed by atoms with E-state index in [1.165, 1.54) is 4.31 Å². The Hall–Kier alpha value is -2.45. The molecule has 1 aliphatic heterocycles. The Morgan fingerprint density at radius 1 is 1.14 bits per heavy atom. The topological polar surface area (TPSA) is 82.6 Å². The van der Waals surface area contributed by atoms with Gasteiger partial charge in [-0.2, -0.15) is 4.31 Å². The minimum Gasteiger partial charge on any atom is -0.362 e. The van der Waals surface area contributed by atoms with Crippen LogP contribution in [0.3, 0.4) is 0 Å². The summed E-state index contributed by atoms with van der Waals surface area (Å²) in [6.45, 7) is 2.86. The van der Waals surface area contributed by atoms with Gasteiger partial charge in [-0.3, -0.25) is 4.79 Å². The molecule has 1 aromatic carbocycles. The Morgan fingerprint density at radius 2 is 1.86 bits per heavy atom. The standard InChI is InChI=1S/C20H26N4O3S/c1-15-9-10-16(14-18(15)28(26,27)24-12-5-4-6-13-24)22-20(25)17-8-7-11-21-19(17)23(2)3/h7-11,14H,4-6,12-13H2,1-3H3,(H,22,25). The molecular weight excluding hydrogens is 376 g/mol. The fraction of sp³-hybridized carbons (Fsp3) is 0.400. The molecule has 1 N–H and O–H groups in total. The van der Waals surface area contributed by atoms with Crippen molar-refractivity contribution in [2.45, 2.75) is 31.1 Å². The fourth-order valence-electron chi connectivity index (χ4n) is 3.33. The van der Waals surface area contributed by atoms with E-state index in [9.17, 15) is 13.2 Å². The van der Waals surface area contributed by atoms with Gasteiger partial charge in [0.15, 0.2) is 0 Å². The summed E-state index contributed by atoms with van der Waals surface area (Å²) in [5, 5.41) is 2.81. The molecule has 1 aromatic heterocycles. The molecule has 150 valence electrons. The van der Waals surface area contributed by atoms with Crippen LogP contribution in [-0.4, -0.2) is 50.8 Å². The summed E-state index contributed by atoms with van der Waals surface area (Å²) in [6, 6.07) is 8.38. The number of anilines is 2. The third-order valence-corrected chi connectivity index (χ3v) is 6.87. The molecule has 0 atom stereocenters. The van der Waals surface area contributed by atoms with Gasteiger partial charge in [0.1, 0.15) is 5.82 Å². The molecule has 0 unspecified atom stereocenters. The molecule has 0 radical (unpaired) electrons. The Balaban J connectivity index is 1.89. The molecule has 0 saturated carbocycles. The smallest absolute Gasteiger partial charge is 0.259 e. The predicted molar refractivity (Wildman–Crippen MR) is 110 cm³/mol. The SMILES string of the molecule is Cc1ccc(NC(=O)c2cccnc2N(C)C)cc1S(=O)(=O)N1CCCCC1. The number of aryl methyl sites for hydroxylation is 1. The van der Waals surface area contributed by atoms with Crippen LogP contribution in [0.15, 0.2) is 41.4 Å². The molecule has 3 rings (SSSR count). The summed E-state index contributed by atoms with van der Waals surface area (Å²) >= 11 is 0. The van der Waals surface area contributed by atoms with Crippen LogP contribution in [0.1, 0.15) is 35.2 Å². The van der Waals surface area contributed by atoms with Crippen LogP contribution in [-0.2, 0) is 10.0 Å². The van der Waals surface area contributed by atoms with Gasteiger partial charge < -0.3 is 10.2 Å². The van der Waals surface area contributed by atoms with Crippen LogP contribution >= 0.6 is 0 Å². The lowest BCUT2D eigenvalue weighted by Gasteiger charge is -2.26. The monoisotopic (exact) mass is 402 g/mol. The number of carbonyl (C=O) groups is 1. The van der Waals surface area contributed by atoms with Gasteiger partial charge in [0.25, 0.3) is 5.91 Å². The Bertz CT molecular complexity index is 967. The summed E-state index contributed by atoms with van der Waals surface area (Å²) in [4.78, 5) is 19.0. The maximum absolute atomic E-state index is 13.1. The lowest BCUT2D eigenvalue weighted by molar-refractivity contribution is 0.102. The van der Waals surface area contributed by atoms with Crippen LogP contribution in [0.5, 0.6) is 0 Å². The second-order valence-electron chi connectivity index (χ2n) is 7.17. The zero-order chi connectivity index (χ0) is 20.3. The number of aromatic nitrogens is 1. The lowest BCUT2D eigenvalue weighted by Crippen LogP contribution is -2.36. The molecule has 1 aliphatic rings. The highest BCUT2D eigenvalue weighted by atomic mass is 32.2. The van der Waals surface area contributed by atoms with Crippen molar-refractivity contribution in [1.82, 2.24) is 9.29 Å². The van der Waals surface area contributed by atoms with E-state index >= 15 is 0 Å². The van der Waals surface area contributed by atoms with Crippen molar-refractivity contribution < 1.29 is 13.2 Å². The fourth-order valence-corrected chi connectivity index (χ4v) is 5.10. The molecule has 0 spiro atoms. The second-order valence-corrected chi connectivity index (χ2v) is 9.07. The predicted octanol–water partition coefficient (Wildman–Crippen LogP) is 2.88. The van der Waals surface area contributed by atoms with Crippen molar-refractivity contribution in [3.63, 3.8) is 0 Å². The molecule has 1 saturated heterocycles. The Morgan fingerprint density at radius 3 is 2.54 bits per heavy atom. The van der Waals surface area contributed by atoms with Gasteiger partial charge in [-0.1, -0.05) is 12.5 Å². The van der Waals surface area contributed by atoms with Crippen LogP contribution in [0.4, 0.5) is 11.5 Å². The van der Waals surface area contributed by atoms with Gasteiger partial charge >= 0.3 is 0 Å². The molecule has 1 fully saturated rings. The summed E-state index contributed by atoms with van der Waals surface area (Å²) in [5.41, 5.74) is 1.53. The van der Waals surface area contributed by atoms with Crippen LogP contribution in [0, 0.1) is 6.92 Å². The first-order valence-corrected chi connectivity index (χ1v) is 10.8. The average Bonchev–Trinajstić information content (AvgIpc) is 2.70. The van der Waals surface area contributed by atoms with E-state index in [0.717, 1.165) is 19.3 Å². The van der Waals surface area contributed by atoms with Gasteiger partial charge in [-0.05, 0) is 49.6 Å². The van der Waals surface area contributed by atoms with E-state index < -0.39 is 10.0 Å². The van der Waals surface area contributed by atoms with Gasteiger partial charge in [0, 0.05) is 39.1 Å². The van der Waals surface area contributed by atoms with Crippen molar-refractivity contribution in [3.8, 4) is 0 Å². The molecule has 0 bridgehead atoms. The molecule has 1 amide bonds. The summed E-state index contributed by atoms with van der Waals surface area (Å²) in [7, 11) is 0.0518. The molecule has 0 aliphatic carbocycles. The van der Waals surface area contributed by atoms with Gasteiger partial charge in [-0.15, -0.1) is 0 Å². The second kappa shape index (κ2) is 8.28. The molecular formula is C20H26N4O3S. The summed E-state index contributed by atoms with van der Waals surface area (Å²) in [5.74, 6) is 0.218. The normalized spacial score (nSPS) is 15.2. The first-order valence-electron chi connectivity index (χ1n) is 9.35. The number of nitrogens with zero attached hydrogens (tertiary/aromatic N) is 3.